The maximum atomic E-state index is 13.4. The Balaban J connectivity index is 2.08. The minimum atomic E-state index is -5.03. The number of hydrazone groups is 1. The van der Waals surface area contributed by atoms with Gasteiger partial charge in [0.25, 0.3) is 11.6 Å². The van der Waals surface area contributed by atoms with Crippen LogP contribution < -0.4 is 9.47 Å². The van der Waals surface area contributed by atoms with Crippen molar-refractivity contribution in [3.05, 3.63) is 24.3 Å². The van der Waals surface area contributed by atoms with Crippen molar-refractivity contribution >= 4 is 11.6 Å². The predicted molar refractivity (Wildman–Crippen MR) is 92.5 cm³/mol. The van der Waals surface area contributed by atoms with E-state index in [-0.39, 0.29) is 16.5 Å². The van der Waals surface area contributed by atoms with Gasteiger partial charge in [-0.15, -0.1) is 0 Å². The van der Waals surface area contributed by atoms with Crippen LogP contribution >= 0.6 is 0 Å². The average Bonchev–Trinajstić information content (AvgIpc) is 2.98. The Labute approximate surface area is 155 Å². The van der Waals surface area contributed by atoms with E-state index in [1.807, 2.05) is 6.92 Å². The zero-order chi connectivity index (χ0) is 20.1. The number of hydrogen-bond acceptors (Lipinski definition) is 5. The van der Waals surface area contributed by atoms with Gasteiger partial charge in [-0.3, -0.25) is 4.79 Å². The van der Waals surface area contributed by atoms with Crippen LogP contribution in [0.15, 0.2) is 29.4 Å². The first-order chi connectivity index (χ1) is 12.7. The number of unbranched alkanes of at least 4 members (excludes halogenated alkanes) is 2. The van der Waals surface area contributed by atoms with Gasteiger partial charge in [-0.1, -0.05) is 19.8 Å². The molecule has 0 aliphatic carbocycles. The SMILES string of the molecule is CCCCCC1=NN(C(=O)COc2ccc(OC)cc2)[C@@](O)(C(F)(F)F)C1. The van der Waals surface area contributed by atoms with Crippen LogP contribution in [0, 0.1) is 0 Å². The average molecular weight is 388 g/mol. The van der Waals surface area contributed by atoms with Crippen molar-refractivity contribution < 1.29 is 32.5 Å². The quantitative estimate of drug-likeness (QED) is 0.692. The largest absolute Gasteiger partial charge is 0.497 e. The number of benzene rings is 1. The Kier molecular flexibility index (Phi) is 6.69. The summed E-state index contributed by atoms with van der Waals surface area (Å²) in [4.78, 5) is 12.3. The number of carbonyl (C=O) groups is 1. The van der Waals surface area contributed by atoms with Gasteiger partial charge in [-0.2, -0.15) is 23.3 Å². The third-order valence-corrected chi connectivity index (χ3v) is 4.22. The lowest BCUT2D eigenvalue weighted by atomic mass is 10.0. The molecule has 27 heavy (non-hydrogen) atoms. The molecule has 1 aromatic rings. The highest BCUT2D eigenvalue weighted by Gasteiger charge is 2.63. The van der Waals surface area contributed by atoms with E-state index in [0.717, 1.165) is 12.8 Å². The molecule has 1 heterocycles. The molecule has 2 rings (SSSR count). The highest BCUT2D eigenvalue weighted by atomic mass is 19.4. The molecule has 0 unspecified atom stereocenters. The number of ether oxygens (including phenoxy) is 2. The molecule has 150 valence electrons. The second kappa shape index (κ2) is 8.60. The van der Waals surface area contributed by atoms with Crippen LogP contribution in [-0.4, -0.2) is 47.4 Å². The molecule has 0 saturated carbocycles. The van der Waals surface area contributed by atoms with Crippen LogP contribution in [0.1, 0.15) is 39.0 Å². The van der Waals surface area contributed by atoms with E-state index in [1.165, 1.54) is 19.2 Å². The number of methoxy groups -OCH3 is 1. The fourth-order valence-electron chi connectivity index (χ4n) is 2.70. The summed E-state index contributed by atoms with van der Waals surface area (Å²) in [5, 5.41) is 14.0. The summed E-state index contributed by atoms with van der Waals surface area (Å²) in [6.07, 6.45) is -3.09. The second-order valence-corrected chi connectivity index (χ2v) is 6.28. The number of alkyl halides is 3. The molecule has 6 nitrogen and oxygen atoms in total. The summed E-state index contributed by atoms with van der Waals surface area (Å²) in [6.45, 7) is 1.28. The molecule has 1 amide bonds. The number of amides is 1. The molecule has 1 N–H and O–H groups in total. The first-order valence-electron chi connectivity index (χ1n) is 8.66. The van der Waals surface area contributed by atoms with Crippen molar-refractivity contribution in [2.75, 3.05) is 13.7 Å². The lowest BCUT2D eigenvalue weighted by Crippen LogP contribution is -2.57. The Bertz CT molecular complexity index is 676. The molecule has 0 fully saturated rings. The van der Waals surface area contributed by atoms with Crippen molar-refractivity contribution in [2.24, 2.45) is 5.10 Å². The van der Waals surface area contributed by atoms with Crippen molar-refractivity contribution in [2.45, 2.75) is 50.9 Å². The van der Waals surface area contributed by atoms with E-state index in [9.17, 15) is 23.1 Å². The molecule has 1 aliphatic heterocycles. The number of nitrogens with zero attached hydrogens (tertiary/aromatic N) is 2. The highest BCUT2D eigenvalue weighted by Crippen LogP contribution is 2.41. The summed E-state index contributed by atoms with van der Waals surface area (Å²) in [6, 6.07) is 6.22. The first kappa shape index (κ1) is 21.0. The predicted octanol–water partition coefficient (Wildman–Crippen LogP) is 3.49. The molecule has 1 aromatic carbocycles. The van der Waals surface area contributed by atoms with Crippen LogP contribution in [0.3, 0.4) is 0 Å². The maximum absolute atomic E-state index is 13.4. The number of hydrogen-bond donors (Lipinski definition) is 1. The van der Waals surface area contributed by atoms with E-state index in [1.54, 1.807) is 12.1 Å². The minimum Gasteiger partial charge on any atom is -0.497 e. The van der Waals surface area contributed by atoms with Gasteiger partial charge < -0.3 is 14.6 Å². The molecule has 0 radical (unpaired) electrons. The fourth-order valence-corrected chi connectivity index (χ4v) is 2.70. The third kappa shape index (κ3) is 4.91. The monoisotopic (exact) mass is 388 g/mol. The molecule has 0 bridgehead atoms. The molecule has 1 aliphatic rings. The lowest BCUT2D eigenvalue weighted by Gasteiger charge is -2.32. The van der Waals surface area contributed by atoms with Gasteiger partial charge >= 0.3 is 6.18 Å². The number of carbonyl (C=O) groups excluding carboxylic acids is 1. The van der Waals surface area contributed by atoms with E-state index >= 15 is 0 Å². The van der Waals surface area contributed by atoms with E-state index in [0.29, 0.717) is 18.6 Å². The van der Waals surface area contributed by atoms with Crippen LogP contribution in [0.2, 0.25) is 0 Å². The first-order valence-corrected chi connectivity index (χ1v) is 8.66. The Morgan fingerprint density at radius 3 is 2.44 bits per heavy atom. The summed E-state index contributed by atoms with van der Waals surface area (Å²) < 4.78 is 50.4. The zero-order valence-corrected chi connectivity index (χ0v) is 15.3. The Hall–Kier alpha value is -2.29. The van der Waals surface area contributed by atoms with Gasteiger partial charge in [0, 0.05) is 12.1 Å². The van der Waals surface area contributed by atoms with Crippen LogP contribution in [0.25, 0.3) is 0 Å². The van der Waals surface area contributed by atoms with Crippen molar-refractivity contribution in [3.63, 3.8) is 0 Å². The van der Waals surface area contributed by atoms with Crippen LogP contribution in [0.5, 0.6) is 11.5 Å². The molecule has 9 heteroatoms. The van der Waals surface area contributed by atoms with Crippen LogP contribution in [-0.2, 0) is 4.79 Å². The van der Waals surface area contributed by atoms with Gasteiger partial charge in [0.15, 0.2) is 6.61 Å². The normalized spacial score (nSPS) is 19.8. The van der Waals surface area contributed by atoms with Gasteiger partial charge in [-0.05, 0) is 37.1 Å². The van der Waals surface area contributed by atoms with E-state index in [4.69, 9.17) is 9.47 Å². The zero-order valence-electron chi connectivity index (χ0n) is 15.3. The molecular formula is C18H23F3N2O4. The van der Waals surface area contributed by atoms with Gasteiger partial charge in [0.05, 0.1) is 7.11 Å². The number of aliphatic hydroxyl groups is 1. The topological polar surface area (TPSA) is 71.4 Å². The number of rotatable bonds is 8. The summed E-state index contributed by atoms with van der Waals surface area (Å²) >= 11 is 0. The maximum Gasteiger partial charge on any atom is 0.438 e. The molecule has 0 aromatic heterocycles. The van der Waals surface area contributed by atoms with E-state index < -0.39 is 30.8 Å². The minimum absolute atomic E-state index is 0.109. The summed E-state index contributed by atoms with van der Waals surface area (Å²) in [7, 11) is 1.49. The smallest absolute Gasteiger partial charge is 0.438 e. The fraction of sp³-hybridized carbons (Fsp3) is 0.556. The third-order valence-electron chi connectivity index (χ3n) is 4.22. The summed E-state index contributed by atoms with van der Waals surface area (Å²) in [5.41, 5.74) is -3.18. The number of halogens is 3. The van der Waals surface area contributed by atoms with Gasteiger partial charge in [0.1, 0.15) is 11.5 Å². The van der Waals surface area contributed by atoms with E-state index in [2.05, 4.69) is 5.10 Å². The molecule has 0 saturated heterocycles. The molecule has 1 atom stereocenters. The van der Waals surface area contributed by atoms with Crippen molar-refractivity contribution in [1.82, 2.24) is 5.01 Å². The molecular weight excluding hydrogens is 365 g/mol. The second-order valence-electron chi connectivity index (χ2n) is 6.28. The van der Waals surface area contributed by atoms with Crippen molar-refractivity contribution in [1.29, 1.82) is 0 Å². The summed E-state index contributed by atoms with van der Waals surface area (Å²) in [5.74, 6) is -0.219. The molecule has 0 spiro atoms. The van der Waals surface area contributed by atoms with Crippen molar-refractivity contribution in [3.8, 4) is 11.5 Å². The lowest BCUT2D eigenvalue weighted by molar-refractivity contribution is -0.302. The standard InChI is InChI=1S/C18H23F3N2O4/c1-3-4-5-6-13-11-17(25,18(19,20)21)23(22-13)16(24)12-27-15-9-7-14(26-2)8-10-15/h7-10,25H,3-6,11-12H2,1-2H3/t17-/m0/s1. The van der Waals surface area contributed by atoms with Gasteiger partial charge in [0.2, 0.25) is 0 Å². The highest BCUT2D eigenvalue weighted by molar-refractivity contribution is 5.91. The Morgan fingerprint density at radius 1 is 1.26 bits per heavy atom. The Morgan fingerprint density at radius 2 is 1.89 bits per heavy atom. The van der Waals surface area contributed by atoms with Crippen LogP contribution in [0.4, 0.5) is 13.2 Å². The van der Waals surface area contributed by atoms with Gasteiger partial charge in [-0.25, -0.2) is 0 Å².